The Kier molecular flexibility index (Phi) is 3.78. The van der Waals surface area contributed by atoms with E-state index in [0.717, 1.165) is 10.8 Å². The van der Waals surface area contributed by atoms with E-state index in [0.29, 0.717) is 11.5 Å². The molecule has 3 rings (SSSR count). The van der Waals surface area contributed by atoms with E-state index in [-0.39, 0.29) is 0 Å². The van der Waals surface area contributed by atoms with Gasteiger partial charge in [-0.3, -0.25) is 9.59 Å². The molecule has 0 saturated heterocycles. The number of rotatable bonds is 2. The molecule has 2 aromatic carbocycles. The number of carbonyl (C=O) groups is 2. The molecule has 0 aliphatic rings. The van der Waals surface area contributed by atoms with Crippen molar-refractivity contribution in [3.63, 3.8) is 0 Å². The number of nitrogens with one attached hydrogen (secondary N) is 2. The van der Waals surface area contributed by atoms with Crippen LogP contribution in [0.5, 0.6) is 0 Å². The van der Waals surface area contributed by atoms with Gasteiger partial charge in [0.25, 0.3) is 0 Å². The Bertz CT molecular complexity index is 831. The Morgan fingerprint density at radius 3 is 2.27 bits per heavy atom. The molecule has 0 spiro atoms. The third kappa shape index (κ3) is 3.09. The molecule has 2 amide bonds. The number of aromatic nitrogens is 1. The van der Waals surface area contributed by atoms with Gasteiger partial charge in [-0.15, -0.1) is 0 Å². The first-order valence-corrected chi connectivity index (χ1v) is 6.74. The molecule has 3 aromatic rings. The van der Waals surface area contributed by atoms with Crippen molar-refractivity contribution in [1.82, 2.24) is 4.98 Å². The van der Waals surface area contributed by atoms with E-state index in [1.165, 1.54) is 6.20 Å². The average Bonchev–Trinajstić information content (AvgIpc) is 2.55. The molecule has 5 nitrogen and oxygen atoms in total. The lowest BCUT2D eigenvalue weighted by Gasteiger charge is -2.07. The number of pyridine rings is 1. The van der Waals surface area contributed by atoms with Crippen LogP contribution in [0, 0.1) is 0 Å². The van der Waals surface area contributed by atoms with Gasteiger partial charge in [-0.05, 0) is 35.0 Å². The van der Waals surface area contributed by atoms with Crippen LogP contribution in [0.15, 0.2) is 66.9 Å². The fourth-order valence-electron chi connectivity index (χ4n) is 2.06. The number of hydrogen-bond donors (Lipinski definition) is 2. The minimum atomic E-state index is -0.758. The van der Waals surface area contributed by atoms with Crippen LogP contribution in [0.2, 0.25) is 0 Å². The summed E-state index contributed by atoms with van der Waals surface area (Å²) in [4.78, 5) is 27.7. The van der Waals surface area contributed by atoms with E-state index in [9.17, 15) is 9.59 Å². The number of benzene rings is 2. The molecule has 0 radical (unpaired) electrons. The highest BCUT2D eigenvalue weighted by Gasteiger charge is 2.14. The first-order valence-electron chi connectivity index (χ1n) is 6.74. The van der Waals surface area contributed by atoms with Crippen LogP contribution in [0.1, 0.15) is 0 Å². The fourth-order valence-corrected chi connectivity index (χ4v) is 2.06. The van der Waals surface area contributed by atoms with Crippen molar-refractivity contribution in [1.29, 1.82) is 0 Å². The molecule has 0 aliphatic carbocycles. The van der Waals surface area contributed by atoms with Crippen molar-refractivity contribution in [2.24, 2.45) is 0 Å². The van der Waals surface area contributed by atoms with E-state index in [2.05, 4.69) is 15.6 Å². The number of nitrogens with zero attached hydrogens (tertiary/aromatic N) is 1. The van der Waals surface area contributed by atoms with Crippen molar-refractivity contribution in [3.8, 4) is 0 Å². The summed E-state index contributed by atoms with van der Waals surface area (Å²) in [6.45, 7) is 0. The van der Waals surface area contributed by atoms with Crippen LogP contribution in [-0.4, -0.2) is 16.8 Å². The molecular formula is C17H13N3O2. The summed E-state index contributed by atoms with van der Waals surface area (Å²) in [6.07, 6.45) is 1.54. The normalized spacial score (nSPS) is 10.2. The minimum absolute atomic E-state index is 0.334. The number of fused-ring (bicyclic) bond motifs is 1. The highest BCUT2D eigenvalue weighted by molar-refractivity contribution is 6.43. The van der Waals surface area contributed by atoms with Gasteiger partial charge in [-0.25, -0.2) is 4.98 Å². The Labute approximate surface area is 127 Å². The van der Waals surface area contributed by atoms with Gasteiger partial charge in [-0.2, -0.15) is 0 Å². The highest BCUT2D eigenvalue weighted by Crippen LogP contribution is 2.18. The first kappa shape index (κ1) is 13.8. The van der Waals surface area contributed by atoms with E-state index < -0.39 is 11.8 Å². The van der Waals surface area contributed by atoms with E-state index >= 15 is 0 Å². The molecule has 0 fully saturated rings. The molecule has 0 saturated carbocycles. The second kappa shape index (κ2) is 6.05. The van der Waals surface area contributed by atoms with Crippen molar-refractivity contribution >= 4 is 34.1 Å². The summed E-state index contributed by atoms with van der Waals surface area (Å²) in [5, 5.41) is 7.07. The number of carbonyl (C=O) groups excluding carboxylic acids is 2. The summed E-state index contributed by atoms with van der Waals surface area (Å²) in [5.74, 6) is -1.16. The molecule has 0 atom stereocenters. The van der Waals surface area contributed by atoms with E-state index in [4.69, 9.17) is 0 Å². The highest BCUT2D eigenvalue weighted by atomic mass is 16.2. The van der Waals surface area contributed by atoms with Crippen LogP contribution in [0.4, 0.5) is 11.5 Å². The lowest BCUT2D eigenvalue weighted by Crippen LogP contribution is -2.29. The number of amides is 2. The summed E-state index contributed by atoms with van der Waals surface area (Å²) >= 11 is 0. The average molecular weight is 291 g/mol. The molecule has 5 heteroatoms. The maximum atomic E-state index is 11.9. The third-order valence-electron chi connectivity index (χ3n) is 3.12. The van der Waals surface area contributed by atoms with Crippen LogP contribution >= 0.6 is 0 Å². The summed E-state index contributed by atoms with van der Waals surface area (Å²) in [6, 6.07) is 18.3. The number of hydrogen-bond acceptors (Lipinski definition) is 3. The van der Waals surface area contributed by atoms with Crippen molar-refractivity contribution in [3.05, 3.63) is 66.9 Å². The smallest absolute Gasteiger partial charge is 0.315 e. The number of anilines is 2. The molecular weight excluding hydrogens is 278 g/mol. The SMILES string of the molecule is O=C(Nc1ccc2ccccc2c1)C(=O)Nc1ccccn1. The fraction of sp³-hybridized carbons (Fsp3) is 0. The maximum Gasteiger partial charge on any atom is 0.315 e. The molecule has 0 bridgehead atoms. The van der Waals surface area contributed by atoms with Gasteiger partial charge in [0.05, 0.1) is 0 Å². The lowest BCUT2D eigenvalue weighted by atomic mass is 10.1. The van der Waals surface area contributed by atoms with Gasteiger partial charge in [0.15, 0.2) is 0 Å². The Hall–Kier alpha value is -3.21. The molecule has 1 heterocycles. The van der Waals surface area contributed by atoms with Crippen LogP contribution in [-0.2, 0) is 9.59 Å². The molecule has 2 N–H and O–H groups in total. The monoisotopic (exact) mass is 291 g/mol. The van der Waals surface area contributed by atoms with Crippen molar-refractivity contribution in [2.45, 2.75) is 0 Å². The van der Waals surface area contributed by atoms with Gasteiger partial charge in [0, 0.05) is 11.9 Å². The molecule has 108 valence electrons. The zero-order valence-corrected chi connectivity index (χ0v) is 11.6. The predicted octanol–water partition coefficient (Wildman–Crippen LogP) is 2.81. The maximum absolute atomic E-state index is 11.9. The second-order valence-electron chi connectivity index (χ2n) is 4.69. The second-order valence-corrected chi connectivity index (χ2v) is 4.69. The van der Waals surface area contributed by atoms with Gasteiger partial charge in [0.1, 0.15) is 5.82 Å². The van der Waals surface area contributed by atoms with Crippen molar-refractivity contribution < 1.29 is 9.59 Å². The lowest BCUT2D eigenvalue weighted by molar-refractivity contribution is -0.133. The predicted molar refractivity (Wildman–Crippen MR) is 85.4 cm³/mol. The molecule has 1 aromatic heterocycles. The van der Waals surface area contributed by atoms with E-state index in [1.54, 1.807) is 24.3 Å². The Morgan fingerprint density at radius 1 is 0.773 bits per heavy atom. The van der Waals surface area contributed by atoms with Gasteiger partial charge in [0.2, 0.25) is 0 Å². The molecule has 0 unspecified atom stereocenters. The van der Waals surface area contributed by atoms with Gasteiger partial charge < -0.3 is 10.6 Å². The molecule has 0 aliphatic heterocycles. The summed E-state index contributed by atoms with van der Waals surface area (Å²) in [7, 11) is 0. The zero-order chi connectivity index (χ0) is 15.4. The minimum Gasteiger partial charge on any atom is -0.318 e. The summed E-state index contributed by atoms with van der Waals surface area (Å²) < 4.78 is 0. The quantitative estimate of drug-likeness (QED) is 0.713. The third-order valence-corrected chi connectivity index (χ3v) is 3.12. The largest absolute Gasteiger partial charge is 0.318 e. The standard InChI is InChI=1S/C17H13N3O2/c21-16(17(22)20-15-7-3-4-10-18-15)19-14-9-8-12-5-1-2-6-13(12)11-14/h1-11H,(H,19,21)(H,18,20,22). The van der Waals surface area contributed by atoms with Crippen LogP contribution < -0.4 is 10.6 Å². The van der Waals surface area contributed by atoms with E-state index in [1.807, 2.05) is 36.4 Å². The zero-order valence-electron chi connectivity index (χ0n) is 11.6. The molecule has 22 heavy (non-hydrogen) atoms. The van der Waals surface area contributed by atoms with Crippen LogP contribution in [0.25, 0.3) is 10.8 Å². The Balaban J connectivity index is 1.71. The first-order chi connectivity index (χ1) is 10.7. The topological polar surface area (TPSA) is 71.1 Å². The summed E-state index contributed by atoms with van der Waals surface area (Å²) in [5.41, 5.74) is 0.569. The Morgan fingerprint density at radius 2 is 1.50 bits per heavy atom. The van der Waals surface area contributed by atoms with Crippen LogP contribution in [0.3, 0.4) is 0 Å². The van der Waals surface area contributed by atoms with Gasteiger partial charge >= 0.3 is 11.8 Å². The van der Waals surface area contributed by atoms with Gasteiger partial charge in [-0.1, -0.05) is 36.4 Å². The van der Waals surface area contributed by atoms with Crippen molar-refractivity contribution in [2.75, 3.05) is 10.6 Å².